The average Bonchev–Trinajstić information content (AvgIpc) is 3.04. The lowest BCUT2D eigenvalue weighted by Gasteiger charge is -2.39. The number of carboxylic acid groups (broad SMARTS) is 1. The second kappa shape index (κ2) is 9.58. The van der Waals surface area contributed by atoms with Crippen LogP contribution in [0.2, 0.25) is 0 Å². The van der Waals surface area contributed by atoms with Gasteiger partial charge in [-0.1, -0.05) is 12.1 Å². The van der Waals surface area contributed by atoms with Gasteiger partial charge in [0.2, 0.25) is 0 Å². The Hall–Kier alpha value is -1.84. The number of aliphatic carboxylic acids is 1. The highest BCUT2D eigenvalue weighted by molar-refractivity contribution is 5.73. The summed E-state index contributed by atoms with van der Waals surface area (Å²) in [6.07, 6.45) is -1.44. The van der Waals surface area contributed by atoms with Gasteiger partial charge in [0, 0.05) is 26.6 Å². The molecule has 2 atom stereocenters. The number of rotatable bonds is 4. The molecule has 0 bridgehead atoms. The highest BCUT2D eigenvalue weighted by atomic mass is 19.4. The number of alkyl halides is 3. The molecule has 0 radical (unpaired) electrons. The molecule has 0 aliphatic carbocycles. The summed E-state index contributed by atoms with van der Waals surface area (Å²) in [5.41, 5.74) is 1.31. The number of methoxy groups -OCH3 is 2. The Labute approximate surface area is 162 Å². The lowest BCUT2D eigenvalue weighted by atomic mass is 9.89. The Kier molecular flexibility index (Phi) is 7.68. The van der Waals surface area contributed by atoms with Crippen LogP contribution in [0.3, 0.4) is 0 Å². The molecule has 0 amide bonds. The molecule has 0 saturated carbocycles. The zero-order chi connectivity index (χ0) is 20.8. The molecular weight excluding hydrogens is 379 g/mol. The minimum Gasteiger partial charge on any atom is -0.497 e. The first kappa shape index (κ1) is 22.4. The lowest BCUT2D eigenvalue weighted by molar-refractivity contribution is -0.192. The zero-order valence-corrected chi connectivity index (χ0v) is 16.0. The van der Waals surface area contributed by atoms with Crippen LogP contribution in [0.5, 0.6) is 5.75 Å². The first-order valence-corrected chi connectivity index (χ1v) is 8.99. The predicted octanol–water partition coefficient (Wildman–Crippen LogP) is 3.10. The van der Waals surface area contributed by atoms with Crippen molar-refractivity contribution >= 4 is 5.97 Å². The van der Waals surface area contributed by atoms with E-state index in [1.807, 2.05) is 6.07 Å². The van der Waals surface area contributed by atoms with Gasteiger partial charge in [0.15, 0.2) is 0 Å². The second-order valence-corrected chi connectivity index (χ2v) is 7.02. The van der Waals surface area contributed by atoms with Crippen molar-refractivity contribution in [2.45, 2.75) is 43.7 Å². The largest absolute Gasteiger partial charge is 0.497 e. The number of benzene rings is 1. The van der Waals surface area contributed by atoms with Gasteiger partial charge in [-0.3, -0.25) is 4.90 Å². The quantitative estimate of drug-likeness (QED) is 0.830. The van der Waals surface area contributed by atoms with Crippen LogP contribution in [0.25, 0.3) is 0 Å². The third-order valence-electron chi connectivity index (χ3n) is 4.91. The van der Waals surface area contributed by atoms with Crippen molar-refractivity contribution in [1.29, 1.82) is 0 Å². The summed E-state index contributed by atoms with van der Waals surface area (Å²) >= 11 is 0. The number of hydrogen-bond donors (Lipinski definition) is 1. The molecule has 1 aromatic carbocycles. The van der Waals surface area contributed by atoms with Crippen LogP contribution in [0.15, 0.2) is 24.3 Å². The number of hydrogen-bond acceptors (Lipinski definition) is 5. The van der Waals surface area contributed by atoms with Crippen molar-refractivity contribution in [3.05, 3.63) is 29.8 Å². The van der Waals surface area contributed by atoms with Crippen molar-refractivity contribution in [3.8, 4) is 5.75 Å². The number of carbonyl (C=O) groups is 1. The molecule has 1 spiro atoms. The fourth-order valence-electron chi connectivity index (χ4n) is 3.59. The van der Waals surface area contributed by atoms with Gasteiger partial charge >= 0.3 is 12.1 Å². The molecule has 1 N–H and O–H groups in total. The van der Waals surface area contributed by atoms with Crippen molar-refractivity contribution in [3.63, 3.8) is 0 Å². The molecule has 6 nitrogen and oxygen atoms in total. The van der Waals surface area contributed by atoms with E-state index in [-0.39, 0.29) is 11.7 Å². The summed E-state index contributed by atoms with van der Waals surface area (Å²) in [6.45, 7) is 3.84. The van der Waals surface area contributed by atoms with Crippen LogP contribution in [-0.4, -0.2) is 67.8 Å². The smallest absolute Gasteiger partial charge is 0.490 e. The van der Waals surface area contributed by atoms with Crippen molar-refractivity contribution in [1.82, 2.24) is 4.90 Å². The SMILES string of the molecule is COc1cccc(CN2CCC[C@]3(C[C@@H](OC)CO3)C2)c1.O=C(O)C(F)(F)F. The third kappa shape index (κ3) is 6.35. The van der Waals surface area contributed by atoms with E-state index in [4.69, 9.17) is 24.1 Å². The fraction of sp³-hybridized carbons (Fsp3) is 0.632. The Bertz CT molecular complexity index is 655. The van der Waals surface area contributed by atoms with Gasteiger partial charge < -0.3 is 19.3 Å². The van der Waals surface area contributed by atoms with Crippen LogP contribution < -0.4 is 4.74 Å². The maximum atomic E-state index is 10.6. The van der Waals surface area contributed by atoms with E-state index in [1.54, 1.807) is 14.2 Å². The van der Waals surface area contributed by atoms with Crippen LogP contribution in [0, 0.1) is 0 Å². The molecule has 0 unspecified atom stereocenters. The van der Waals surface area contributed by atoms with Gasteiger partial charge in [-0.15, -0.1) is 0 Å². The number of ether oxygens (including phenoxy) is 3. The van der Waals surface area contributed by atoms with Crippen molar-refractivity contribution in [2.75, 3.05) is 33.9 Å². The standard InChI is InChI=1S/C17H25NO3.C2HF3O2/c1-19-15-6-3-5-14(9-15)11-18-8-4-7-17(13-18)10-16(20-2)12-21-17;3-2(4,5)1(6)7/h3,5-6,9,16H,4,7-8,10-13H2,1-2H3;(H,6,7)/t16-,17+;/m1./s1. The number of piperidine rings is 1. The molecule has 2 heterocycles. The van der Waals surface area contributed by atoms with E-state index in [2.05, 4.69) is 23.1 Å². The van der Waals surface area contributed by atoms with Gasteiger partial charge in [0.25, 0.3) is 0 Å². The van der Waals surface area contributed by atoms with E-state index < -0.39 is 12.1 Å². The molecule has 28 heavy (non-hydrogen) atoms. The molecule has 1 aromatic rings. The Balaban J connectivity index is 0.000000345. The van der Waals surface area contributed by atoms with E-state index in [1.165, 1.54) is 12.0 Å². The second-order valence-electron chi connectivity index (χ2n) is 7.02. The van der Waals surface area contributed by atoms with Gasteiger partial charge in [-0.25, -0.2) is 4.79 Å². The Morgan fingerprint density at radius 2 is 2.11 bits per heavy atom. The third-order valence-corrected chi connectivity index (χ3v) is 4.91. The highest BCUT2D eigenvalue weighted by Gasteiger charge is 2.43. The normalized spacial score (nSPS) is 25.2. The number of likely N-dealkylation sites (tertiary alicyclic amines) is 1. The van der Waals surface area contributed by atoms with E-state index in [0.29, 0.717) is 0 Å². The van der Waals surface area contributed by atoms with Gasteiger partial charge in [0.05, 0.1) is 25.4 Å². The summed E-state index contributed by atoms with van der Waals surface area (Å²) in [7, 11) is 3.50. The first-order valence-electron chi connectivity index (χ1n) is 8.99. The van der Waals surface area contributed by atoms with E-state index in [9.17, 15) is 13.2 Å². The minimum atomic E-state index is -5.08. The lowest BCUT2D eigenvalue weighted by Crippen LogP contribution is -2.47. The summed E-state index contributed by atoms with van der Waals surface area (Å²) in [6, 6.07) is 8.33. The molecule has 2 aliphatic heterocycles. The molecule has 2 saturated heterocycles. The average molecular weight is 405 g/mol. The molecule has 9 heteroatoms. The molecule has 158 valence electrons. The summed E-state index contributed by atoms with van der Waals surface area (Å²) < 4.78 is 48.6. The molecule has 2 aliphatic rings. The monoisotopic (exact) mass is 405 g/mol. The van der Waals surface area contributed by atoms with Gasteiger partial charge in [0.1, 0.15) is 5.75 Å². The van der Waals surface area contributed by atoms with Crippen molar-refractivity contribution < 1.29 is 37.3 Å². The first-order chi connectivity index (χ1) is 13.2. The van der Waals surface area contributed by atoms with E-state index >= 15 is 0 Å². The van der Waals surface area contributed by atoms with Crippen LogP contribution >= 0.6 is 0 Å². The molecule has 2 fully saturated rings. The van der Waals surface area contributed by atoms with Gasteiger partial charge in [-0.2, -0.15) is 13.2 Å². The zero-order valence-electron chi connectivity index (χ0n) is 16.0. The number of carboxylic acids is 1. The van der Waals surface area contributed by atoms with Crippen LogP contribution in [-0.2, 0) is 20.8 Å². The molecule has 0 aromatic heterocycles. The number of halogens is 3. The summed E-state index contributed by atoms with van der Waals surface area (Å²) in [4.78, 5) is 11.4. The fourth-order valence-corrected chi connectivity index (χ4v) is 3.59. The minimum absolute atomic E-state index is 0.0117. The summed E-state index contributed by atoms with van der Waals surface area (Å²) in [5.74, 6) is -1.83. The summed E-state index contributed by atoms with van der Waals surface area (Å²) in [5, 5.41) is 7.12. The van der Waals surface area contributed by atoms with Crippen LogP contribution in [0.4, 0.5) is 13.2 Å². The maximum absolute atomic E-state index is 10.6. The Morgan fingerprint density at radius 3 is 2.68 bits per heavy atom. The Morgan fingerprint density at radius 1 is 1.39 bits per heavy atom. The van der Waals surface area contributed by atoms with Crippen molar-refractivity contribution in [2.24, 2.45) is 0 Å². The van der Waals surface area contributed by atoms with Crippen LogP contribution in [0.1, 0.15) is 24.8 Å². The molecule has 3 rings (SSSR count). The molecular formula is C19H26F3NO5. The van der Waals surface area contributed by atoms with Gasteiger partial charge in [-0.05, 0) is 37.1 Å². The predicted molar refractivity (Wildman–Crippen MR) is 95.3 cm³/mol. The number of nitrogens with zero attached hydrogens (tertiary/aromatic N) is 1. The maximum Gasteiger partial charge on any atom is 0.490 e. The topological polar surface area (TPSA) is 68.2 Å². The van der Waals surface area contributed by atoms with E-state index in [0.717, 1.165) is 44.8 Å². The highest BCUT2D eigenvalue weighted by Crippen LogP contribution is 2.36.